The first kappa shape index (κ1) is 30.1. The fraction of sp³-hybridized carbons (Fsp3) is 0.710. The molecule has 0 N–H and O–H groups in total. The van der Waals surface area contributed by atoms with Gasteiger partial charge in [-0.15, -0.1) is 6.42 Å². The molecule has 192 valence electrons. The second-order valence-electron chi connectivity index (χ2n) is 11.2. The summed E-state index contributed by atoms with van der Waals surface area (Å²) in [5.74, 6) is 6.33. The third-order valence-electron chi connectivity index (χ3n) is 7.09. The van der Waals surface area contributed by atoms with Gasteiger partial charge in [-0.05, 0) is 81.0 Å². The van der Waals surface area contributed by atoms with E-state index < -0.39 is 5.60 Å². The summed E-state index contributed by atoms with van der Waals surface area (Å²) in [7, 11) is 0. The molecule has 0 radical (unpaired) electrons. The topological polar surface area (TPSA) is 35.5 Å². The molecule has 3 atom stereocenters. The van der Waals surface area contributed by atoms with E-state index in [1.165, 1.54) is 51.9 Å². The highest BCUT2D eigenvalue weighted by molar-refractivity contribution is 5.71. The molecule has 3 nitrogen and oxygen atoms in total. The average molecular weight is 471 g/mol. The largest absolute Gasteiger partial charge is 0.475 e. The lowest BCUT2D eigenvalue weighted by molar-refractivity contribution is -0.132. The summed E-state index contributed by atoms with van der Waals surface area (Å²) in [5.41, 5.74) is 2.09. The molecule has 0 saturated heterocycles. The number of carbonyl (C=O) groups is 1. The van der Waals surface area contributed by atoms with Crippen LogP contribution in [0.25, 0.3) is 0 Å². The zero-order valence-electron chi connectivity index (χ0n) is 23.5. The van der Waals surface area contributed by atoms with Crippen LogP contribution in [0.2, 0.25) is 0 Å². The van der Waals surface area contributed by atoms with Crippen molar-refractivity contribution in [3.8, 4) is 23.8 Å². The molecule has 0 aromatic heterocycles. The van der Waals surface area contributed by atoms with Crippen molar-refractivity contribution in [1.82, 2.24) is 0 Å². The first-order chi connectivity index (χ1) is 15.9. The highest BCUT2D eigenvalue weighted by Gasteiger charge is 2.26. The van der Waals surface area contributed by atoms with Crippen LogP contribution in [0.15, 0.2) is 6.07 Å². The third-order valence-corrected chi connectivity index (χ3v) is 7.09. The first-order valence-electron chi connectivity index (χ1n) is 13.3. The highest BCUT2D eigenvalue weighted by Crippen LogP contribution is 2.36. The summed E-state index contributed by atoms with van der Waals surface area (Å²) < 4.78 is 11.8. The molecule has 0 spiro atoms. The van der Waals surface area contributed by atoms with Gasteiger partial charge in [-0.2, -0.15) is 0 Å². The van der Waals surface area contributed by atoms with E-state index in [2.05, 4.69) is 33.6 Å². The molecule has 0 aliphatic rings. The van der Waals surface area contributed by atoms with Crippen LogP contribution in [-0.2, 0) is 4.79 Å². The molecule has 0 saturated carbocycles. The molecule has 0 aliphatic heterocycles. The van der Waals surface area contributed by atoms with Crippen LogP contribution in [0.3, 0.4) is 0 Å². The number of hydrogen-bond donors (Lipinski definition) is 0. The van der Waals surface area contributed by atoms with Gasteiger partial charge in [0.15, 0.2) is 5.60 Å². The molecule has 1 aromatic rings. The average Bonchev–Trinajstić information content (AvgIpc) is 2.74. The molecule has 0 fully saturated rings. The predicted octanol–water partition coefficient (Wildman–Crippen LogP) is 8.75. The zero-order chi connectivity index (χ0) is 25.9. The molecule has 0 aliphatic carbocycles. The van der Waals surface area contributed by atoms with Crippen LogP contribution in [0.1, 0.15) is 116 Å². The Kier molecular flexibility index (Phi) is 12.8. The van der Waals surface area contributed by atoms with Crippen molar-refractivity contribution in [2.45, 2.75) is 126 Å². The van der Waals surface area contributed by atoms with Crippen LogP contribution in [0.5, 0.6) is 11.5 Å². The quantitative estimate of drug-likeness (QED) is 0.146. The van der Waals surface area contributed by atoms with Crippen LogP contribution in [-0.4, -0.2) is 11.6 Å². The van der Waals surface area contributed by atoms with E-state index >= 15 is 0 Å². The molecule has 1 aromatic carbocycles. The van der Waals surface area contributed by atoms with E-state index in [4.69, 9.17) is 15.9 Å². The minimum Gasteiger partial charge on any atom is -0.475 e. The summed E-state index contributed by atoms with van der Waals surface area (Å²) in [6.07, 6.45) is 17.0. The van der Waals surface area contributed by atoms with Crippen LogP contribution in [0.4, 0.5) is 0 Å². The van der Waals surface area contributed by atoms with Gasteiger partial charge in [-0.1, -0.05) is 78.6 Å². The Balaban J connectivity index is 2.55. The monoisotopic (exact) mass is 470 g/mol. The molecule has 0 bridgehead atoms. The van der Waals surface area contributed by atoms with E-state index in [-0.39, 0.29) is 5.97 Å². The molecule has 1 rings (SSSR count). The lowest BCUT2D eigenvalue weighted by Gasteiger charge is -2.28. The number of carbonyl (C=O) groups excluding carboxylic acids is 1. The van der Waals surface area contributed by atoms with E-state index in [0.29, 0.717) is 11.7 Å². The zero-order valence-corrected chi connectivity index (χ0v) is 23.5. The van der Waals surface area contributed by atoms with Gasteiger partial charge in [0.2, 0.25) is 0 Å². The van der Waals surface area contributed by atoms with Crippen LogP contribution >= 0.6 is 0 Å². The van der Waals surface area contributed by atoms with Gasteiger partial charge in [0.05, 0.1) is 0 Å². The van der Waals surface area contributed by atoms with Crippen molar-refractivity contribution in [2.75, 3.05) is 0 Å². The maximum atomic E-state index is 11.4. The Hall–Kier alpha value is -1.95. The summed E-state index contributed by atoms with van der Waals surface area (Å²) in [5, 5.41) is 0. The smallest absolute Gasteiger partial charge is 0.308 e. The van der Waals surface area contributed by atoms with Crippen molar-refractivity contribution in [3.05, 3.63) is 22.8 Å². The van der Waals surface area contributed by atoms with Crippen molar-refractivity contribution in [2.24, 2.45) is 17.8 Å². The fourth-order valence-electron chi connectivity index (χ4n) is 4.59. The minimum atomic E-state index is -0.656. The van der Waals surface area contributed by atoms with Crippen LogP contribution < -0.4 is 9.47 Å². The Morgan fingerprint density at radius 1 is 0.941 bits per heavy atom. The first-order valence-corrected chi connectivity index (χ1v) is 13.3. The van der Waals surface area contributed by atoms with Gasteiger partial charge in [0, 0.05) is 6.92 Å². The Morgan fingerprint density at radius 2 is 1.47 bits per heavy atom. The Bertz CT molecular complexity index is 817. The van der Waals surface area contributed by atoms with E-state index in [0.717, 1.165) is 47.1 Å². The molecule has 0 amide bonds. The summed E-state index contributed by atoms with van der Waals surface area (Å²) in [4.78, 5) is 11.4. The second kappa shape index (κ2) is 14.4. The normalized spacial score (nSPS) is 14.9. The van der Waals surface area contributed by atoms with Crippen molar-refractivity contribution >= 4 is 5.97 Å². The molecule has 0 heterocycles. The van der Waals surface area contributed by atoms with E-state index in [1.807, 2.05) is 33.8 Å². The number of hydrogen-bond acceptors (Lipinski definition) is 3. The number of benzene rings is 1. The number of ether oxygens (including phenoxy) is 2. The van der Waals surface area contributed by atoms with Gasteiger partial charge in [0.25, 0.3) is 0 Å². The van der Waals surface area contributed by atoms with E-state index in [9.17, 15) is 4.79 Å². The minimum absolute atomic E-state index is 0.317. The number of aryl methyl sites for hydroxylation is 1. The molecular formula is C31H50O3. The lowest BCUT2D eigenvalue weighted by Crippen LogP contribution is -2.31. The SMILES string of the molecule is C#C[C@](C)(CCCC(C)CCCC(C)CCCC(C)C)Oc1cc(C)c(OC(C)=O)c(C)c1C. The lowest BCUT2D eigenvalue weighted by atomic mass is 9.90. The van der Waals surface area contributed by atoms with Crippen molar-refractivity contribution in [1.29, 1.82) is 0 Å². The van der Waals surface area contributed by atoms with Gasteiger partial charge < -0.3 is 9.47 Å². The predicted molar refractivity (Wildman–Crippen MR) is 145 cm³/mol. The van der Waals surface area contributed by atoms with Crippen molar-refractivity contribution in [3.63, 3.8) is 0 Å². The Labute approximate surface area is 210 Å². The van der Waals surface area contributed by atoms with Gasteiger partial charge >= 0.3 is 5.97 Å². The molecular weight excluding hydrogens is 420 g/mol. The number of terminal acetylenes is 1. The van der Waals surface area contributed by atoms with Gasteiger partial charge in [0.1, 0.15) is 11.5 Å². The highest BCUT2D eigenvalue weighted by atomic mass is 16.5. The Morgan fingerprint density at radius 3 is 1.97 bits per heavy atom. The second-order valence-corrected chi connectivity index (χ2v) is 11.2. The third kappa shape index (κ3) is 10.5. The maximum absolute atomic E-state index is 11.4. The number of esters is 1. The summed E-state index contributed by atoms with van der Waals surface area (Å²) in [6.45, 7) is 18.7. The fourth-order valence-corrected chi connectivity index (χ4v) is 4.59. The summed E-state index contributed by atoms with van der Waals surface area (Å²) in [6, 6.07) is 1.93. The molecule has 3 heteroatoms. The van der Waals surface area contributed by atoms with Crippen LogP contribution in [0, 0.1) is 50.9 Å². The maximum Gasteiger partial charge on any atom is 0.308 e. The number of rotatable bonds is 15. The standard InChI is InChI=1S/C31H50O3/c1-11-31(10,34-29-21-25(6)30(33-28(9)32)27(8)26(29)7)20-14-19-24(5)18-13-17-23(4)16-12-15-22(2)3/h1,21-24H,12-20H2,2-10H3/t23?,24?,31-/m1/s1. The summed E-state index contributed by atoms with van der Waals surface area (Å²) >= 11 is 0. The molecule has 2 unspecified atom stereocenters. The van der Waals surface area contributed by atoms with E-state index in [1.54, 1.807) is 0 Å². The van der Waals surface area contributed by atoms with Gasteiger partial charge in [-0.3, -0.25) is 4.79 Å². The van der Waals surface area contributed by atoms with Crippen molar-refractivity contribution < 1.29 is 14.3 Å². The molecule has 34 heavy (non-hydrogen) atoms. The van der Waals surface area contributed by atoms with Gasteiger partial charge in [-0.25, -0.2) is 0 Å².